The lowest BCUT2D eigenvalue weighted by atomic mass is 10.3. The van der Waals surface area contributed by atoms with Crippen LogP contribution < -0.4 is 10.1 Å². The third-order valence-corrected chi connectivity index (χ3v) is 3.77. The highest BCUT2D eigenvalue weighted by molar-refractivity contribution is 7.91. The van der Waals surface area contributed by atoms with Crippen molar-refractivity contribution in [3.8, 4) is 5.75 Å². The zero-order chi connectivity index (χ0) is 14.3. The molecule has 0 bridgehead atoms. The number of ether oxygens (including phenoxy) is 1. The Hall–Kier alpha value is -1.21. The molecule has 0 aliphatic heterocycles. The summed E-state index contributed by atoms with van der Waals surface area (Å²) in [5, 5.41) is 3.06. The molecule has 0 aromatic heterocycles. The fourth-order valence-electron chi connectivity index (χ4n) is 1.44. The number of hydrogen-bond acceptors (Lipinski definition) is 4. The number of rotatable bonds is 8. The zero-order valence-corrected chi connectivity index (χ0v) is 11.4. The van der Waals surface area contributed by atoms with Crippen LogP contribution in [0.2, 0.25) is 0 Å². The second-order valence-corrected chi connectivity index (χ2v) is 5.74. The molecule has 7 heteroatoms. The van der Waals surface area contributed by atoms with E-state index in [4.69, 9.17) is 4.74 Å². The number of sulfone groups is 1. The summed E-state index contributed by atoms with van der Waals surface area (Å²) in [5.41, 5.74) is 0. The van der Waals surface area contributed by atoms with Crippen molar-refractivity contribution >= 4 is 9.84 Å². The first kappa shape index (κ1) is 15.8. The van der Waals surface area contributed by atoms with Gasteiger partial charge in [0.1, 0.15) is 17.3 Å². The van der Waals surface area contributed by atoms with Crippen molar-refractivity contribution < 1.29 is 21.9 Å². The molecular weight excluding hydrogens is 276 g/mol. The standard InChI is InChI=1S/C12H17F2NO3S/c1-2-7-15-8-9-18-10-5-3-4-6-11(10)19(16,17)12(13)14/h3-6,12,15H,2,7-9H2,1H3. The Kier molecular flexibility index (Phi) is 6.17. The van der Waals surface area contributed by atoms with Gasteiger partial charge in [-0.25, -0.2) is 8.42 Å². The largest absolute Gasteiger partial charge is 0.491 e. The lowest BCUT2D eigenvalue weighted by molar-refractivity contribution is 0.233. The van der Waals surface area contributed by atoms with Gasteiger partial charge in [0.05, 0.1) is 0 Å². The Balaban J connectivity index is 2.74. The van der Waals surface area contributed by atoms with E-state index in [0.29, 0.717) is 6.54 Å². The molecule has 0 saturated carbocycles. The van der Waals surface area contributed by atoms with Crippen LogP contribution in [0.3, 0.4) is 0 Å². The summed E-state index contributed by atoms with van der Waals surface area (Å²) in [6.07, 6.45) is 0.969. The molecule has 0 aliphatic carbocycles. The van der Waals surface area contributed by atoms with Crippen LogP contribution in [0.15, 0.2) is 29.2 Å². The summed E-state index contributed by atoms with van der Waals surface area (Å²) < 4.78 is 53.2. The Morgan fingerprint density at radius 3 is 2.58 bits per heavy atom. The number of hydrogen-bond donors (Lipinski definition) is 1. The van der Waals surface area contributed by atoms with E-state index in [0.717, 1.165) is 19.0 Å². The van der Waals surface area contributed by atoms with Gasteiger partial charge >= 0.3 is 5.76 Å². The highest BCUT2D eigenvalue weighted by Gasteiger charge is 2.29. The van der Waals surface area contributed by atoms with Crippen molar-refractivity contribution in [2.45, 2.75) is 24.0 Å². The highest BCUT2D eigenvalue weighted by atomic mass is 32.2. The molecule has 0 saturated heterocycles. The Morgan fingerprint density at radius 2 is 1.95 bits per heavy atom. The second-order valence-electron chi connectivity index (χ2n) is 3.85. The molecule has 1 rings (SSSR count). The monoisotopic (exact) mass is 293 g/mol. The zero-order valence-electron chi connectivity index (χ0n) is 10.6. The first-order valence-electron chi connectivity index (χ1n) is 5.94. The summed E-state index contributed by atoms with van der Waals surface area (Å²) in [6.45, 7) is 3.57. The molecule has 0 amide bonds. The lowest BCUT2D eigenvalue weighted by Crippen LogP contribution is -2.22. The molecule has 0 heterocycles. The molecule has 1 aromatic rings. The van der Waals surface area contributed by atoms with Crippen LogP contribution in [0, 0.1) is 0 Å². The molecule has 4 nitrogen and oxygen atoms in total. The van der Waals surface area contributed by atoms with E-state index in [1.807, 2.05) is 6.92 Å². The molecule has 0 radical (unpaired) electrons. The Labute approximate surface area is 111 Å². The predicted molar refractivity (Wildman–Crippen MR) is 68.3 cm³/mol. The van der Waals surface area contributed by atoms with Crippen molar-refractivity contribution in [3.63, 3.8) is 0 Å². The maximum atomic E-state index is 12.5. The van der Waals surface area contributed by atoms with Gasteiger partial charge in [0.25, 0.3) is 0 Å². The van der Waals surface area contributed by atoms with Gasteiger partial charge in [-0.2, -0.15) is 8.78 Å². The quantitative estimate of drug-likeness (QED) is 0.745. The summed E-state index contributed by atoms with van der Waals surface area (Å²) in [4.78, 5) is -0.472. The fourth-order valence-corrected chi connectivity index (χ4v) is 2.30. The van der Waals surface area contributed by atoms with Crippen LogP contribution in [0.4, 0.5) is 8.78 Å². The third kappa shape index (κ3) is 4.43. The molecule has 0 spiro atoms. The Morgan fingerprint density at radius 1 is 1.26 bits per heavy atom. The molecular formula is C12H17F2NO3S. The SMILES string of the molecule is CCCNCCOc1ccccc1S(=O)(=O)C(F)F. The molecule has 108 valence electrons. The minimum atomic E-state index is -4.63. The molecule has 0 aliphatic rings. The number of alkyl halides is 2. The van der Waals surface area contributed by atoms with Crippen LogP contribution in [-0.2, 0) is 9.84 Å². The van der Waals surface area contributed by atoms with Crippen LogP contribution in [0.5, 0.6) is 5.75 Å². The van der Waals surface area contributed by atoms with E-state index in [1.54, 1.807) is 6.07 Å². The lowest BCUT2D eigenvalue weighted by Gasteiger charge is -2.11. The molecule has 19 heavy (non-hydrogen) atoms. The van der Waals surface area contributed by atoms with Gasteiger partial charge in [0, 0.05) is 6.54 Å². The van der Waals surface area contributed by atoms with E-state index >= 15 is 0 Å². The first-order chi connectivity index (χ1) is 9.00. The van der Waals surface area contributed by atoms with E-state index in [9.17, 15) is 17.2 Å². The average Bonchev–Trinajstić information content (AvgIpc) is 2.38. The van der Waals surface area contributed by atoms with Crippen LogP contribution in [0.1, 0.15) is 13.3 Å². The molecule has 1 aromatic carbocycles. The van der Waals surface area contributed by atoms with E-state index in [1.165, 1.54) is 12.1 Å². The molecule has 0 fully saturated rings. The van der Waals surface area contributed by atoms with Gasteiger partial charge in [0.2, 0.25) is 9.84 Å². The van der Waals surface area contributed by atoms with Crippen LogP contribution in [-0.4, -0.2) is 33.9 Å². The van der Waals surface area contributed by atoms with E-state index < -0.39 is 20.5 Å². The van der Waals surface area contributed by atoms with Crippen molar-refractivity contribution in [2.75, 3.05) is 19.7 Å². The fraction of sp³-hybridized carbons (Fsp3) is 0.500. The van der Waals surface area contributed by atoms with Gasteiger partial charge in [-0.15, -0.1) is 0 Å². The number of para-hydroxylation sites is 1. The van der Waals surface area contributed by atoms with Crippen molar-refractivity contribution in [1.29, 1.82) is 0 Å². The average molecular weight is 293 g/mol. The number of benzene rings is 1. The van der Waals surface area contributed by atoms with Gasteiger partial charge in [-0.05, 0) is 25.1 Å². The van der Waals surface area contributed by atoms with Crippen molar-refractivity contribution in [1.82, 2.24) is 5.32 Å². The topological polar surface area (TPSA) is 55.4 Å². The summed E-state index contributed by atoms with van der Waals surface area (Å²) in [5.74, 6) is -3.49. The third-order valence-electron chi connectivity index (χ3n) is 2.35. The van der Waals surface area contributed by atoms with Gasteiger partial charge in [-0.1, -0.05) is 19.1 Å². The first-order valence-corrected chi connectivity index (χ1v) is 7.49. The van der Waals surface area contributed by atoms with E-state index in [2.05, 4.69) is 5.32 Å². The van der Waals surface area contributed by atoms with Crippen LogP contribution in [0.25, 0.3) is 0 Å². The van der Waals surface area contributed by atoms with Crippen molar-refractivity contribution in [3.05, 3.63) is 24.3 Å². The van der Waals surface area contributed by atoms with Gasteiger partial charge in [-0.3, -0.25) is 0 Å². The summed E-state index contributed by atoms with van der Waals surface area (Å²) in [7, 11) is -4.63. The normalized spacial score (nSPS) is 11.8. The van der Waals surface area contributed by atoms with Crippen molar-refractivity contribution in [2.24, 2.45) is 0 Å². The maximum Gasteiger partial charge on any atom is 0.341 e. The molecule has 0 atom stereocenters. The minimum absolute atomic E-state index is 0.0406. The van der Waals surface area contributed by atoms with Gasteiger partial charge < -0.3 is 10.1 Å². The van der Waals surface area contributed by atoms with Gasteiger partial charge in [0.15, 0.2) is 0 Å². The smallest absolute Gasteiger partial charge is 0.341 e. The number of nitrogens with one attached hydrogen (secondary N) is 1. The number of halogens is 2. The summed E-state index contributed by atoms with van der Waals surface area (Å²) in [6, 6.07) is 5.42. The molecule has 0 unspecified atom stereocenters. The molecule has 1 N–H and O–H groups in total. The summed E-state index contributed by atoms with van der Waals surface area (Å²) >= 11 is 0. The maximum absolute atomic E-state index is 12.5. The van der Waals surface area contributed by atoms with Crippen LogP contribution >= 0.6 is 0 Å². The second kappa shape index (κ2) is 7.40. The highest BCUT2D eigenvalue weighted by Crippen LogP contribution is 2.27. The Bertz CT molecular complexity index is 492. The predicted octanol–water partition coefficient (Wildman–Crippen LogP) is 2.06. The minimum Gasteiger partial charge on any atom is -0.491 e. The van der Waals surface area contributed by atoms with E-state index in [-0.39, 0.29) is 12.4 Å².